The van der Waals surface area contributed by atoms with Gasteiger partial charge >= 0.3 is 0 Å². The van der Waals surface area contributed by atoms with Crippen molar-refractivity contribution in [1.82, 2.24) is 4.98 Å². The van der Waals surface area contributed by atoms with Crippen molar-refractivity contribution >= 4 is 38.3 Å². The first kappa shape index (κ1) is 12.8. The Hall–Kier alpha value is -2.20. The van der Waals surface area contributed by atoms with Gasteiger partial charge in [-0.2, -0.15) is 0 Å². The van der Waals surface area contributed by atoms with Crippen LogP contribution in [0.25, 0.3) is 10.8 Å². The van der Waals surface area contributed by atoms with Gasteiger partial charge in [0, 0.05) is 16.4 Å². The van der Waals surface area contributed by atoms with Gasteiger partial charge in [0.1, 0.15) is 5.69 Å². The summed E-state index contributed by atoms with van der Waals surface area (Å²) in [7, 11) is 0. The first-order chi connectivity index (χ1) is 9.72. The second-order valence-electron chi connectivity index (χ2n) is 4.38. The lowest BCUT2D eigenvalue weighted by Gasteiger charge is -2.06. The van der Waals surface area contributed by atoms with Gasteiger partial charge in [-0.3, -0.25) is 9.78 Å². The summed E-state index contributed by atoms with van der Waals surface area (Å²) in [5, 5.41) is 5.05. The second kappa shape index (κ2) is 5.43. The molecule has 0 unspecified atom stereocenters. The SMILES string of the molecule is O=C(Nc1ccc2cc(Br)ccc2c1)c1ccccn1. The summed E-state index contributed by atoms with van der Waals surface area (Å²) < 4.78 is 1.04. The lowest BCUT2D eigenvalue weighted by molar-refractivity contribution is 0.102. The van der Waals surface area contributed by atoms with Crippen LogP contribution in [0, 0.1) is 0 Å². The quantitative estimate of drug-likeness (QED) is 0.764. The highest BCUT2D eigenvalue weighted by molar-refractivity contribution is 9.10. The monoisotopic (exact) mass is 326 g/mol. The average molecular weight is 327 g/mol. The number of amides is 1. The van der Waals surface area contributed by atoms with Crippen molar-refractivity contribution in [3.05, 3.63) is 71.0 Å². The Kier molecular flexibility index (Phi) is 3.48. The van der Waals surface area contributed by atoms with Crippen LogP contribution in [0.1, 0.15) is 10.5 Å². The minimum atomic E-state index is -0.206. The van der Waals surface area contributed by atoms with E-state index in [4.69, 9.17) is 0 Å². The maximum Gasteiger partial charge on any atom is 0.274 e. The maximum absolute atomic E-state index is 12.0. The van der Waals surface area contributed by atoms with Crippen LogP contribution in [0.15, 0.2) is 65.3 Å². The Labute approximate surface area is 124 Å². The number of carbonyl (C=O) groups excluding carboxylic acids is 1. The zero-order chi connectivity index (χ0) is 13.9. The van der Waals surface area contributed by atoms with Crippen molar-refractivity contribution in [2.75, 3.05) is 5.32 Å². The highest BCUT2D eigenvalue weighted by Crippen LogP contribution is 2.23. The Morgan fingerprint density at radius 2 is 1.80 bits per heavy atom. The van der Waals surface area contributed by atoms with E-state index in [2.05, 4.69) is 26.2 Å². The van der Waals surface area contributed by atoms with E-state index < -0.39 is 0 Å². The molecule has 0 saturated carbocycles. The minimum Gasteiger partial charge on any atom is -0.321 e. The van der Waals surface area contributed by atoms with Gasteiger partial charge in [0.2, 0.25) is 0 Å². The molecule has 1 aromatic heterocycles. The fraction of sp³-hybridized carbons (Fsp3) is 0. The third-order valence-corrected chi connectivity index (χ3v) is 3.45. The topological polar surface area (TPSA) is 42.0 Å². The van der Waals surface area contributed by atoms with Crippen LogP contribution in [-0.4, -0.2) is 10.9 Å². The van der Waals surface area contributed by atoms with Gasteiger partial charge in [-0.15, -0.1) is 0 Å². The van der Waals surface area contributed by atoms with Gasteiger partial charge < -0.3 is 5.32 Å². The van der Waals surface area contributed by atoms with Crippen molar-refractivity contribution in [2.24, 2.45) is 0 Å². The molecule has 0 aliphatic carbocycles. The lowest BCUT2D eigenvalue weighted by atomic mass is 10.1. The molecule has 0 fully saturated rings. The molecular weight excluding hydrogens is 316 g/mol. The molecule has 20 heavy (non-hydrogen) atoms. The highest BCUT2D eigenvalue weighted by atomic mass is 79.9. The molecule has 1 heterocycles. The molecule has 0 bridgehead atoms. The van der Waals surface area contributed by atoms with Crippen molar-refractivity contribution in [3.8, 4) is 0 Å². The predicted molar refractivity (Wildman–Crippen MR) is 83.8 cm³/mol. The van der Waals surface area contributed by atoms with Crippen molar-refractivity contribution in [1.29, 1.82) is 0 Å². The molecule has 0 aliphatic heterocycles. The van der Waals surface area contributed by atoms with Gasteiger partial charge in [-0.25, -0.2) is 0 Å². The molecule has 4 heteroatoms. The number of nitrogens with one attached hydrogen (secondary N) is 1. The lowest BCUT2D eigenvalue weighted by Crippen LogP contribution is -2.13. The number of pyridine rings is 1. The first-order valence-electron chi connectivity index (χ1n) is 6.14. The van der Waals surface area contributed by atoms with E-state index in [1.54, 1.807) is 24.4 Å². The van der Waals surface area contributed by atoms with Crippen LogP contribution in [0.4, 0.5) is 5.69 Å². The number of aromatic nitrogens is 1. The summed E-state index contributed by atoms with van der Waals surface area (Å²) in [6.07, 6.45) is 1.60. The molecule has 0 spiro atoms. The Morgan fingerprint density at radius 1 is 1.00 bits per heavy atom. The first-order valence-corrected chi connectivity index (χ1v) is 6.93. The number of benzene rings is 2. The second-order valence-corrected chi connectivity index (χ2v) is 5.29. The number of hydrogen-bond acceptors (Lipinski definition) is 2. The molecule has 0 saturated heterocycles. The van der Waals surface area contributed by atoms with Gasteiger partial charge in [0.05, 0.1) is 0 Å². The number of halogens is 1. The van der Waals surface area contributed by atoms with Gasteiger partial charge in [0.15, 0.2) is 0 Å². The molecule has 3 rings (SSSR count). The minimum absolute atomic E-state index is 0.206. The van der Waals surface area contributed by atoms with Crippen LogP contribution >= 0.6 is 15.9 Å². The number of anilines is 1. The van der Waals surface area contributed by atoms with Gasteiger partial charge in [-0.05, 0) is 47.2 Å². The third-order valence-electron chi connectivity index (χ3n) is 2.96. The molecule has 3 aromatic rings. The number of carbonyl (C=O) groups is 1. The predicted octanol–water partition coefficient (Wildman–Crippen LogP) is 4.25. The number of fused-ring (bicyclic) bond motifs is 1. The van der Waals surface area contributed by atoms with Crippen LogP contribution in [-0.2, 0) is 0 Å². The van der Waals surface area contributed by atoms with E-state index in [1.807, 2.05) is 36.4 Å². The van der Waals surface area contributed by atoms with E-state index in [0.29, 0.717) is 5.69 Å². The molecule has 98 valence electrons. The van der Waals surface area contributed by atoms with Gasteiger partial charge in [-0.1, -0.05) is 34.1 Å². The standard InChI is InChI=1S/C16H11BrN2O/c17-13-6-4-12-10-14(7-5-11(12)9-13)19-16(20)15-3-1-2-8-18-15/h1-10H,(H,19,20). The Bertz CT molecular complexity index is 772. The third kappa shape index (κ3) is 2.70. The molecule has 3 nitrogen and oxygen atoms in total. The van der Waals surface area contributed by atoms with E-state index in [9.17, 15) is 4.79 Å². The number of hydrogen-bond donors (Lipinski definition) is 1. The highest BCUT2D eigenvalue weighted by Gasteiger charge is 2.06. The molecular formula is C16H11BrN2O. The van der Waals surface area contributed by atoms with Crippen LogP contribution in [0.2, 0.25) is 0 Å². The van der Waals surface area contributed by atoms with Crippen molar-refractivity contribution in [2.45, 2.75) is 0 Å². The van der Waals surface area contributed by atoms with Gasteiger partial charge in [0.25, 0.3) is 5.91 Å². The zero-order valence-corrected chi connectivity index (χ0v) is 12.1. The summed E-state index contributed by atoms with van der Waals surface area (Å²) in [4.78, 5) is 16.1. The average Bonchev–Trinajstić information content (AvgIpc) is 2.48. The summed E-state index contributed by atoms with van der Waals surface area (Å²) in [5.41, 5.74) is 1.17. The number of nitrogens with zero attached hydrogens (tertiary/aromatic N) is 1. The van der Waals surface area contributed by atoms with E-state index in [0.717, 1.165) is 20.9 Å². The molecule has 0 radical (unpaired) electrons. The van der Waals surface area contributed by atoms with Crippen molar-refractivity contribution < 1.29 is 4.79 Å². The largest absolute Gasteiger partial charge is 0.321 e. The summed E-state index contributed by atoms with van der Waals surface area (Å²) in [5.74, 6) is -0.206. The normalized spacial score (nSPS) is 10.4. The fourth-order valence-corrected chi connectivity index (χ4v) is 2.37. The van der Waals surface area contributed by atoms with E-state index in [1.165, 1.54) is 0 Å². The fourth-order valence-electron chi connectivity index (χ4n) is 1.99. The summed E-state index contributed by atoms with van der Waals surface area (Å²) >= 11 is 3.44. The van der Waals surface area contributed by atoms with E-state index >= 15 is 0 Å². The van der Waals surface area contributed by atoms with Crippen LogP contribution in [0.3, 0.4) is 0 Å². The molecule has 2 aromatic carbocycles. The molecule has 0 atom stereocenters. The smallest absolute Gasteiger partial charge is 0.274 e. The maximum atomic E-state index is 12.0. The summed E-state index contributed by atoms with van der Waals surface area (Å²) in [6.45, 7) is 0. The Morgan fingerprint density at radius 3 is 2.60 bits per heavy atom. The zero-order valence-electron chi connectivity index (χ0n) is 10.5. The van der Waals surface area contributed by atoms with Crippen molar-refractivity contribution in [3.63, 3.8) is 0 Å². The Balaban J connectivity index is 1.88. The van der Waals surface area contributed by atoms with Crippen LogP contribution in [0.5, 0.6) is 0 Å². The van der Waals surface area contributed by atoms with E-state index in [-0.39, 0.29) is 5.91 Å². The molecule has 1 N–H and O–H groups in total. The molecule has 1 amide bonds. The number of rotatable bonds is 2. The summed E-state index contributed by atoms with van der Waals surface area (Å²) in [6, 6.07) is 17.1. The molecule has 0 aliphatic rings. The van der Waals surface area contributed by atoms with Crippen LogP contribution < -0.4 is 5.32 Å².